The average Bonchev–Trinajstić information content (AvgIpc) is 2.64. The molecular formula is C13H18Cl2N2O. The lowest BCUT2D eigenvalue weighted by atomic mass is 10.2. The van der Waals surface area contributed by atoms with E-state index in [-0.39, 0.29) is 6.10 Å². The summed E-state index contributed by atoms with van der Waals surface area (Å²) in [7, 11) is 0. The van der Waals surface area contributed by atoms with Crippen LogP contribution in [0.5, 0.6) is 0 Å². The minimum Gasteiger partial charge on any atom is -0.376 e. The number of aromatic nitrogens is 1. The molecule has 0 radical (unpaired) electrons. The molecule has 0 saturated carbocycles. The first-order chi connectivity index (χ1) is 8.74. The summed E-state index contributed by atoms with van der Waals surface area (Å²) < 4.78 is 5.76. The van der Waals surface area contributed by atoms with Gasteiger partial charge in [0.2, 0.25) is 0 Å². The predicted molar refractivity (Wildman–Crippen MR) is 75.7 cm³/mol. The zero-order chi connectivity index (χ0) is 13.0. The third-order valence-corrected chi connectivity index (χ3v) is 3.76. The monoisotopic (exact) mass is 288 g/mol. The van der Waals surface area contributed by atoms with E-state index in [1.54, 1.807) is 0 Å². The molecule has 1 aliphatic rings. The number of pyridine rings is 1. The fourth-order valence-corrected chi connectivity index (χ4v) is 2.54. The van der Waals surface area contributed by atoms with Gasteiger partial charge in [0.1, 0.15) is 5.82 Å². The first-order valence-electron chi connectivity index (χ1n) is 6.32. The van der Waals surface area contributed by atoms with Crippen LogP contribution in [0, 0.1) is 0 Å². The van der Waals surface area contributed by atoms with Crippen LogP contribution in [-0.2, 0) is 10.6 Å². The van der Waals surface area contributed by atoms with Crippen molar-refractivity contribution < 1.29 is 4.74 Å². The van der Waals surface area contributed by atoms with Gasteiger partial charge in [0.15, 0.2) is 0 Å². The van der Waals surface area contributed by atoms with Crippen molar-refractivity contribution in [3.8, 4) is 0 Å². The summed E-state index contributed by atoms with van der Waals surface area (Å²) in [5, 5.41) is 0.631. The molecule has 1 fully saturated rings. The predicted octanol–water partition coefficient (Wildman–Crippen LogP) is 3.48. The lowest BCUT2D eigenvalue weighted by molar-refractivity contribution is 0.0664. The number of anilines is 1. The van der Waals surface area contributed by atoms with Gasteiger partial charge in [-0.3, -0.25) is 0 Å². The zero-order valence-electron chi connectivity index (χ0n) is 10.5. The van der Waals surface area contributed by atoms with Crippen molar-refractivity contribution in [2.45, 2.75) is 31.7 Å². The van der Waals surface area contributed by atoms with Gasteiger partial charge in [0.05, 0.1) is 22.7 Å². The number of halogens is 2. The van der Waals surface area contributed by atoms with E-state index < -0.39 is 0 Å². The van der Waals surface area contributed by atoms with Crippen molar-refractivity contribution >= 4 is 29.0 Å². The highest BCUT2D eigenvalue weighted by molar-refractivity contribution is 6.32. The van der Waals surface area contributed by atoms with E-state index in [0.717, 1.165) is 44.0 Å². The van der Waals surface area contributed by atoms with Gasteiger partial charge in [-0.1, -0.05) is 18.5 Å². The van der Waals surface area contributed by atoms with Crippen LogP contribution in [0.4, 0.5) is 5.82 Å². The molecule has 0 spiro atoms. The molecule has 1 atom stereocenters. The lowest BCUT2D eigenvalue weighted by Gasteiger charge is -2.24. The number of ether oxygens (including phenoxy) is 1. The molecule has 0 N–H and O–H groups in total. The van der Waals surface area contributed by atoms with E-state index in [9.17, 15) is 0 Å². The highest BCUT2D eigenvalue weighted by Gasteiger charge is 2.19. The van der Waals surface area contributed by atoms with E-state index in [0.29, 0.717) is 10.9 Å². The quantitative estimate of drug-likeness (QED) is 0.797. The van der Waals surface area contributed by atoms with Crippen LogP contribution in [-0.4, -0.2) is 30.8 Å². The van der Waals surface area contributed by atoms with Gasteiger partial charge in [0, 0.05) is 19.7 Å². The second-order valence-electron chi connectivity index (χ2n) is 4.43. The summed E-state index contributed by atoms with van der Waals surface area (Å²) >= 11 is 11.9. The van der Waals surface area contributed by atoms with Crippen molar-refractivity contribution in [2.75, 3.05) is 24.6 Å². The second kappa shape index (κ2) is 6.60. The number of rotatable bonds is 3. The van der Waals surface area contributed by atoms with Gasteiger partial charge in [0.25, 0.3) is 0 Å². The molecule has 1 aliphatic heterocycles. The molecule has 2 heterocycles. The molecule has 1 saturated heterocycles. The number of nitrogens with zero attached hydrogens (tertiary/aromatic N) is 2. The SMILES string of the molecule is CCC1CN(c2ccc(Cl)c(CCl)n2)CCCO1. The summed E-state index contributed by atoms with van der Waals surface area (Å²) in [4.78, 5) is 6.79. The van der Waals surface area contributed by atoms with E-state index in [2.05, 4.69) is 16.8 Å². The highest BCUT2D eigenvalue weighted by atomic mass is 35.5. The Morgan fingerprint density at radius 2 is 2.33 bits per heavy atom. The second-order valence-corrected chi connectivity index (χ2v) is 5.11. The standard InChI is InChI=1S/C13H18Cl2N2O/c1-2-10-9-17(6-3-7-18-10)13-5-4-11(15)12(8-14)16-13/h4-5,10H,2-3,6-9H2,1H3. The maximum atomic E-state index is 6.03. The van der Waals surface area contributed by atoms with Crippen LogP contribution >= 0.6 is 23.2 Å². The fraction of sp³-hybridized carbons (Fsp3) is 0.615. The van der Waals surface area contributed by atoms with E-state index in [1.807, 2.05) is 12.1 Å². The molecule has 0 aromatic carbocycles. The Balaban J connectivity index is 2.18. The Kier molecular flexibility index (Phi) is 5.10. The van der Waals surface area contributed by atoms with Crippen LogP contribution in [0.1, 0.15) is 25.5 Å². The number of alkyl halides is 1. The van der Waals surface area contributed by atoms with Crippen molar-refractivity contribution in [1.29, 1.82) is 0 Å². The first kappa shape index (κ1) is 13.9. The minimum absolute atomic E-state index is 0.282. The van der Waals surface area contributed by atoms with Crippen molar-refractivity contribution in [1.82, 2.24) is 4.98 Å². The topological polar surface area (TPSA) is 25.4 Å². The van der Waals surface area contributed by atoms with Crippen molar-refractivity contribution in [3.63, 3.8) is 0 Å². The minimum atomic E-state index is 0.282. The van der Waals surface area contributed by atoms with Gasteiger partial charge in [-0.15, -0.1) is 11.6 Å². The van der Waals surface area contributed by atoms with Gasteiger partial charge in [-0.25, -0.2) is 4.98 Å². The third kappa shape index (κ3) is 3.28. The molecular weight excluding hydrogens is 271 g/mol. The molecule has 0 amide bonds. The Bertz CT molecular complexity index is 401. The van der Waals surface area contributed by atoms with Gasteiger partial charge in [-0.05, 0) is 25.0 Å². The summed E-state index contributed by atoms with van der Waals surface area (Å²) in [6.45, 7) is 4.82. The van der Waals surface area contributed by atoms with Gasteiger partial charge in [-0.2, -0.15) is 0 Å². The summed E-state index contributed by atoms with van der Waals surface area (Å²) in [6.07, 6.45) is 2.33. The summed E-state index contributed by atoms with van der Waals surface area (Å²) in [5.74, 6) is 1.29. The van der Waals surface area contributed by atoms with Crippen molar-refractivity contribution in [3.05, 3.63) is 22.8 Å². The summed E-state index contributed by atoms with van der Waals surface area (Å²) in [6, 6.07) is 3.82. The van der Waals surface area contributed by atoms with Gasteiger partial charge < -0.3 is 9.64 Å². The summed E-state index contributed by atoms with van der Waals surface area (Å²) in [5.41, 5.74) is 0.744. The molecule has 5 heteroatoms. The molecule has 1 unspecified atom stereocenters. The Hall–Kier alpha value is -0.510. The fourth-order valence-electron chi connectivity index (χ4n) is 2.09. The molecule has 0 aliphatic carbocycles. The van der Waals surface area contributed by atoms with E-state index in [4.69, 9.17) is 27.9 Å². The molecule has 18 heavy (non-hydrogen) atoms. The largest absolute Gasteiger partial charge is 0.376 e. The maximum absolute atomic E-state index is 6.03. The van der Waals surface area contributed by atoms with Crippen LogP contribution in [0.25, 0.3) is 0 Å². The smallest absolute Gasteiger partial charge is 0.129 e. The Morgan fingerprint density at radius 3 is 3.06 bits per heavy atom. The van der Waals surface area contributed by atoms with Crippen LogP contribution in [0.15, 0.2) is 12.1 Å². The van der Waals surface area contributed by atoms with Crippen molar-refractivity contribution in [2.24, 2.45) is 0 Å². The highest BCUT2D eigenvalue weighted by Crippen LogP contribution is 2.22. The third-order valence-electron chi connectivity index (χ3n) is 3.16. The maximum Gasteiger partial charge on any atom is 0.129 e. The van der Waals surface area contributed by atoms with Gasteiger partial charge >= 0.3 is 0 Å². The van der Waals surface area contributed by atoms with E-state index in [1.165, 1.54) is 0 Å². The molecule has 100 valence electrons. The van der Waals surface area contributed by atoms with Crippen LogP contribution in [0.3, 0.4) is 0 Å². The lowest BCUT2D eigenvalue weighted by Crippen LogP contribution is -2.32. The molecule has 0 bridgehead atoms. The molecule has 1 aromatic rings. The first-order valence-corrected chi connectivity index (χ1v) is 7.23. The Labute approximate surface area is 118 Å². The van der Waals surface area contributed by atoms with Crippen LogP contribution in [0.2, 0.25) is 5.02 Å². The zero-order valence-corrected chi connectivity index (χ0v) is 12.0. The van der Waals surface area contributed by atoms with Crippen LogP contribution < -0.4 is 4.90 Å². The molecule has 2 rings (SSSR count). The number of hydrogen-bond donors (Lipinski definition) is 0. The molecule has 3 nitrogen and oxygen atoms in total. The van der Waals surface area contributed by atoms with E-state index >= 15 is 0 Å². The number of hydrogen-bond acceptors (Lipinski definition) is 3. The Morgan fingerprint density at radius 1 is 1.50 bits per heavy atom. The average molecular weight is 289 g/mol. The normalized spacial score (nSPS) is 20.8. The molecule has 1 aromatic heterocycles.